The maximum absolute atomic E-state index is 12.5. The minimum Gasteiger partial charge on any atom is -0.326 e. The lowest BCUT2D eigenvalue weighted by atomic mass is 10.1. The predicted octanol–water partition coefficient (Wildman–Crippen LogP) is 4.44. The molecule has 1 N–H and O–H groups in total. The summed E-state index contributed by atoms with van der Waals surface area (Å²) in [5, 5.41) is 7.27. The molecule has 5 heteroatoms. The van der Waals surface area contributed by atoms with Crippen LogP contribution in [-0.2, 0) is 11.3 Å². The van der Waals surface area contributed by atoms with Gasteiger partial charge in [-0.1, -0.05) is 40.2 Å². The first-order valence-electron chi connectivity index (χ1n) is 8.32. The molecule has 1 aliphatic rings. The van der Waals surface area contributed by atoms with Crippen molar-refractivity contribution < 1.29 is 4.79 Å². The smallest absolute Gasteiger partial charge is 0.228 e. The first kappa shape index (κ1) is 16.1. The zero-order valence-corrected chi connectivity index (χ0v) is 15.2. The van der Waals surface area contributed by atoms with E-state index in [-0.39, 0.29) is 11.8 Å². The molecule has 1 heterocycles. The third-order valence-corrected chi connectivity index (χ3v) is 5.00. The second-order valence-corrected chi connectivity index (χ2v) is 7.31. The fourth-order valence-electron chi connectivity index (χ4n) is 3.15. The van der Waals surface area contributed by atoms with Gasteiger partial charge in [-0.3, -0.25) is 9.48 Å². The molecule has 0 spiro atoms. The molecule has 0 radical (unpaired) electrons. The van der Waals surface area contributed by atoms with E-state index in [0.717, 1.165) is 22.1 Å². The molecule has 126 valence electrons. The van der Waals surface area contributed by atoms with Gasteiger partial charge in [0, 0.05) is 28.5 Å². The summed E-state index contributed by atoms with van der Waals surface area (Å²) in [4.78, 5) is 12.5. The van der Waals surface area contributed by atoms with Crippen molar-refractivity contribution in [1.82, 2.24) is 9.78 Å². The predicted molar refractivity (Wildman–Crippen MR) is 101 cm³/mol. The van der Waals surface area contributed by atoms with Crippen molar-refractivity contribution in [2.24, 2.45) is 5.92 Å². The highest BCUT2D eigenvalue weighted by Crippen LogP contribution is 2.48. The largest absolute Gasteiger partial charge is 0.326 e. The van der Waals surface area contributed by atoms with Crippen LogP contribution in [0.1, 0.15) is 23.5 Å². The van der Waals surface area contributed by atoms with E-state index in [1.807, 2.05) is 53.3 Å². The van der Waals surface area contributed by atoms with Crippen LogP contribution in [0.25, 0.3) is 0 Å². The van der Waals surface area contributed by atoms with Crippen LogP contribution < -0.4 is 5.32 Å². The molecule has 0 aliphatic heterocycles. The van der Waals surface area contributed by atoms with E-state index in [2.05, 4.69) is 38.5 Å². The Hall–Kier alpha value is -2.40. The summed E-state index contributed by atoms with van der Waals surface area (Å²) in [7, 11) is 0. The molecule has 25 heavy (non-hydrogen) atoms. The lowest BCUT2D eigenvalue weighted by Crippen LogP contribution is -2.14. The molecule has 1 saturated carbocycles. The number of hydrogen-bond donors (Lipinski definition) is 1. The van der Waals surface area contributed by atoms with Gasteiger partial charge in [0.1, 0.15) is 0 Å². The third kappa shape index (κ3) is 3.82. The number of hydrogen-bond acceptors (Lipinski definition) is 2. The van der Waals surface area contributed by atoms with Gasteiger partial charge in [-0.15, -0.1) is 0 Å². The monoisotopic (exact) mass is 395 g/mol. The van der Waals surface area contributed by atoms with E-state index in [1.165, 1.54) is 5.56 Å². The van der Waals surface area contributed by atoms with Gasteiger partial charge in [-0.25, -0.2) is 0 Å². The SMILES string of the molecule is O=C(Nc1cccc(Cn2cccn2)c1)[C@@H]1C[C@H]1c1cccc(Br)c1. The Bertz CT molecular complexity index is 891. The van der Waals surface area contributed by atoms with E-state index in [4.69, 9.17) is 0 Å². The van der Waals surface area contributed by atoms with Crippen LogP contribution in [0.5, 0.6) is 0 Å². The molecule has 4 nitrogen and oxygen atoms in total. The van der Waals surface area contributed by atoms with Gasteiger partial charge < -0.3 is 5.32 Å². The Morgan fingerprint density at radius 2 is 2.08 bits per heavy atom. The van der Waals surface area contributed by atoms with Crippen LogP contribution in [0, 0.1) is 5.92 Å². The van der Waals surface area contributed by atoms with Gasteiger partial charge >= 0.3 is 0 Å². The summed E-state index contributed by atoms with van der Waals surface area (Å²) in [6.07, 6.45) is 4.61. The van der Waals surface area contributed by atoms with Crippen molar-refractivity contribution >= 4 is 27.5 Å². The highest BCUT2D eigenvalue weighted by Gasteiger charge is 2.43. The standard InChI is InChI=1S/C20H18BrN3O/c21-16-6-2-5-15(11-16)18-12-19(18)20(25)23-17-7-1-4-14(10-17)13-24-9-3-8-22-24/h1-11,18-19H,12-13H2,(H,23,25)/t18-,19+/m0/s1. The highest BCUT2D eigenvalue weighted by molar-refractivity contribution is 9.10. The highest BCUT2D eigenvalue weighted by atomic mass is 79.9. The molecule has 1 aliphatic carbocycles. The van der Waals surface area contributed by atoms with E-state index >= 15 is 0 Å². The molecule has 0 unspecified atom stereocenters. The molecule has 3 aromatic rings. The average molecular weight is 396 g/mol. The zero-order chi connectivity index (χ0) is 17.2. The Balaban J connectivity index is 1.40. The Labute approximate surface area is 155 Å². The fraction of sp³-hybridized carbons (Fsp3) is 0.200. The summed E-state index contributed by atoms with van der Waals surface area (Å²) >= 11 is 3.49. The molecule has 2 atom stereocenters. The number of benzene rings is 2. The van der Waals surface area contributed by atoms with Crippen molar-refractivity contribution in [2.45, 2.75) is 18.9 Å². The topological polar surface area (TPSA) is 46.9 Å². The van der Waals surface area contributed by atoms with E-state index in [1.54, 1.807) is 6.20 Å². The van der Waals surface area contributed by atoms with Gasteiger partial charge in [0.25, 0.3) is 0 Å². The first-order valence-corrected chi connectivity index (χ1v) is 9.11. The molecular formula is C20H18BrN3O. The minimum absolute atomic E-state index is 0.0593. The Morgan fingerprint density at radius 3 is 2.88 bits per heavy atom. The quantitative estimate of drug-likeness (QED) is 0.693. The van der Waals surface area contributed by atoms with Crippen LogP contribution in [0.15, 0.2) is 71.5 Å². The molecule has 1 amide bonds. The second kappa shape index (κ2) is 6.84. The van der Waals surface area contributed by atoms with Crippen molar-refractivity contribution in [3.8, 4) is 0 Å². The lowest BCUT2D eigenvalue weighted by molar-refractivity contribution is -0.117. The zero-order valence-electron chi connectivity index (χ0n) is 13.6. The fourth-order valence-corrected chi connectivity index (χ4v) is 3.57. The third-order valence-electron chi connectivity index (χ3n) is 4.50. The van der Waals surface area contributed by atoms with Gasteiger partial charge in [0.05, 0.1) is 6.54 Å². The van der Waals surface area contributed by atoms with Crippen LogP contribution in [0.2, 0.25) is 0 Å². The van der Waals surface area contributed by atoms with Crippen LogP contribution in [-0.4, -0.2) is 15.7 Å². The van der Waals surface area contributed by atoms with Gasteiger partial charge in [0.15, 0.2) is 0 Å². The van der Waals surface area contributed by atoms with Crippen molar-refractivity contribution in [3.05, 3.63) is 82.6 Å². The number of nitrogens with zero attached hydrogens (tertiary/aromatic N) is 2. The van der Waals surface area contributed by atoms with Crippen molar-refractivity contribution in [2.75, 3.05) is 5.32 Å². The lowest BCUT2D eigenvalue weighted by Gasteiger charge is -2.08. The Morgan fingerprint density at radius 1 is 1.20 bits per heavy atom. The average Bonchev–Trinajstić information content (AvgIpc) is 3.25. The van der Waals surface area contributed by atoms with Crippen molar-refractivity contribution in [1.29, 1.82) is 0 Å². The number of anilines is 1. The first-order chi connectivity index (χ1) is 12.2. The minimum atomic E-state index is 0.0593. The molecule has 0 saturated heterocycles. The van der Waals surface area contributed by atoms with Gasteiger partial charge in [0.2, 0.25) is 5.91 Å². The molecule has 2 aromatic carbocycles. The number of aromatic nitrogens is 2. The number of halogens is 1. The molecule has 4 rings (SSSR count). The molecule has 1 fully saturated rings. The number of nitrogens with one attached hydrogen (secondary N) is 1. The summed E-state index contributed by atoms with van der Waals surface area (Å²) in [5.74, 6) is 0.482. The summed E-state index contributed by atoms with van der Waals surface area (Å²) < 4.78 is 2.92. The molecule has 0 bridgehead atoms. The number of rotatable bonds is 5. The van der Waals surface area contributed by atoms with Crippen molar-refractivity contribution in [3.63, 3.8) is 0 Å². The van der Waals surface area contributed by atoms with Crippen LogP contribution >= 0.6 is 15.9 Å². The number of carbonyl (C=O) groups excluding carboxylic acids is 1. The van der Waals surface area contributed by atoms with Gasteiger partial charge in [-0.2, -0.15) is 5.10 Å². The maximum atomic E-state index is 12.5. The molecule has 1 aromatic heterocycles. The van der Waals surface area contributed by atoms with E-state index < -0.39 is 0 Å². The second-order valence-electron chi connectivity index (χ2n) is 6.40. The number of amides is 1. The van der Waals surface area contributed by atoms with E-state index in [0.29, 0.717) is 12.5 Å². The molecular weight excluding hydrogens is 378 g/mol. The van der Waals surface area contributed by atoms with Gasteiger partial charge in [-0.05, 0) is 53.8 Å². The maximum Gasteiger partial charge on any atom is 0.228 e. The van der Waals surface area contributed by atoms with Crippen LogP contribution in [0.3, 0.4) is 0 Å². The summed E-state index contributed by atoms with van der Waals surface area (Å²) in [6, 6.07) is 18.1. The number of carbonyl (C=O) groups is 1. The normalized spacial score (nSPS) is 18.8. The van der Waals surface area contributed by atoms with E-state index in [9.17, 15) is 4.79 Å². The van der Waals surface area contributed by atoms with Crippen LogP contribution in [0.4, 0.5) is 5.69 Å². The Kier molecular flexibility index (Phi) is 4.40. The summed E-state index contributed by atoms with van der Waals surface area (Å²) in [5.41, 5.74) is 3.18. The summed E-state index contributed by atoms with van der Waals surface area (Å²) in [6.45, 7) is 0.695.